The molecular weight excluding hydrogens is 78.0 g/mol. The number of carbonyl (C=O) groups excluding carboxylic acids is 1. The third kappa shape index (κ3) is 3.34. The van der Waals surface area contributed by atoms with Crippen LogP contribution in [-0.2, 0) is 4.79 Å². The summed E-state index contributed by atoms with van der Waals surface area (Å²) in [6, 6.07) is 0. The Morgan fingerprint density at radius 3 is 2.33 bits per heavy atom. The fourth-order valence-corrected chi connectivity index (χ4v) is 0.114. The smallest absolute Gasteiger partial charge is 0.198 e. The molecule has 2 nitrogen and oxygen atoms in total. The maximum atomic E-state index is 9.32. The molecule has 0 aliphatic carbocycles. The van der Waals surface area contributed by atoms with Crippen LogP contribution in [0.25, 0.3) is 0 Å². The first kappa shape index (κ1) is 5.34. The van der Waals surface area contributed by atoms with Gasteiger partial charge in [-0.15, -0.1) is 0 Å². The number of hydrogen-bond donors (Lipinski definition) is 1. The van der Waals surface area contributed by atoms with E-state index >= 15 is 0 Å². The van der Waals surface area contributed by atoms with E-state index in [1.165, 1.54) is 0 Å². The van der Waals surface area contributed by atoms with Gasteiger partial charge < -0.3 is 5.41 Å². The van der Waals surface area contributed by atoms with Gasteiger partial charge in [0.05, 0.1) is 6.21 Å². The second-order valence-electron chi connectivity index (χ2n) is 0.821. The van der Waals surface area contributed by atoms with E-state index in [4.69, 9.17) is 5.41 Å². The Morgan fingerprint density at radius 1 is 1.50 bits per heavy atom. The van der Waals surface area contributed by atoms with Crippen LogP contribution >= 0.6 is 0 Å². The monoisotopic (exact) mass is 83.0 g/mol. The molecule has 0 amide bonds. The molecule has 0 rings (SSSR count). The van der Waals surface area contributed by atoms with Crippen LogP contribution in [0.2, 0.25) is 0 Å². The fourth-order valence-electron chi connectivity index (χ4n) is 0.114. The standard InChI is InChI=1S/C4H5NO/c5-3-1-2-4-6/h5H,1-2H2. The van der Waals surface area contributed by atoms with Crippen molar-refractivity contribution < 1.29 is 4.79 Å². The fraction of sp³-hybridized carbons (Fsp3) is 0.500. The van der Waals surface area contributed by atoms with E-state index in [0.29, 0.717) is 12.8 Å². The SMILES string of the molecule is N=[C]CC[C]=O. The second-order valence-corrected chi connectivity index (χ2v) is 0.821. The largest absolute Gasteiger partial charge is 0.303 e. The van der Waals surface area contributed by atoms with Gasteiger partial charge in [-0.25, -0.2) is 0 Å². The molecule has 2 radical (unpaired) electrons. The molecule has 0 aromatic carbocycles. The lowest BCUT2D eigenvalue weighted by atomic mass is 10.4. The lowest BCUT2D eigenvalue weighted by molar-refractivity contribution is 0.552. The van der Waals surface area contributed by atoms with Crippen LogP contribution in [0.4, 0.5) is 0 Å². The topological polar surface area (TPSA) is 40.9 Å². The van der Waals surface area contributed by atoms with Crippen LogP contribution in [-0.4, -0.2) is 12.5 Å². The molecule has 0 aromatic rings. The maximum absolute atomic E-state index is 9.32. The molecule has 2 heteroatoms. The zero-order valence-electron chi connectivity index (χ0n) is 3.32. The van der Waals surface area contributed by atoms with Crippen molar-refractivity contribution in [1.29, 1.82) is 5.41 Å². The first-order valence-corrected chi connectivity index (χ1v) is 1.66. The van der Waals surface area contributed by atoms with Crippen molar-refractivity contribution in [2.75, 3.05) is 0 Å². The molecule has 1 N–H and O–H groups in total. The Hall–Kier alpha value is -0.660. The van der Waals surface area contributed by atoms with Gasteiger partial charge in [0.1, 0.15) is 0 Å². The van der Waals surface area contributed by atoms with Gasteiger partial charge in [0.25, 0.3) is 0 Å². The van der Waals surface area contributed by atoms with Gasteiger partial charge in [-0.3, -0.25) is 4.79 Å². The molecule has 0 aliphatic rings. The van der Waals surface area contributed by atoms with Gasteiger partial charge in [0.2, 0.25) is 0 Å². The number of hydrogen-bond acceptors (Lipinski definition) is 2. The number of unbranched alkanes of at least 4 members (excludes halogenated alkanes) is 1. The van der Waals surface area contributed by atoms with E-state index in [9.17, 15) is 4.79 Å². The highest BCUT2D eigenvalue weighted by molar-refractivity contribution is 5.60. The molecule has 0 spiro atoms. The van der Waals surface area contributed by atoms with E-state index in [0.717, 1.165) is 0 Å². The van der Waals surface area contributed by atoms with Crippen LogP contribution in [0.5, 0.6) is 0 Å². The van der Waals surface area contributed by atoms with Gasteiger partial charge in [-0.05, 0) is 6.42 Å². The molecule has 0 unspecified atom stereocenters. The summed E-state index contributed by atoms with van der Waals surface area (Å²) in [4.78, 5) is 9.32. The van der Waals surface area contributed by atoms with Crippen molar-refractivity contribution in [2.45, 2.75) is 12.8 Å². The van der Waals surface area contributed by atoms with Crippen molar-refractivity contribution in [1.82, 2.24) is 0 Å². The Labute approximate surface area is 36.7 Å². The second kappa shape index (κ2) is 4.34. The molecule has 0 fully saturated rings. The highest BCUT2D eigenvalue weighted by Gasteiger charge is 1.74. The first-order valence-electron chi connectivity index (χ1n) is 1.66. The minimum Gasteiger partial charge on any atom is -0.303 e. The van der Waals surface area contributed by atoms with Crippen LogP contribution in [0, 0.1) is 5.41 Å². The van der Waals surface area contributed by atoms with Gasteiger partial charge in [-0.1, -0.05) is 0 Å². The predicted octanol–water partition coefficient (Wildman–Crippen LogP) is 0.403. The first-order chi connectivity index (χ1) is 2.91. The lowest BCUT2D eigenvalue weighted by Crippen LogP contribution is -1.72. The molecule has 0 saturated carbocycles. The summed E-state index contributed by atoms with van der Waals surface area (Å²) in [7, 11) is 0. The molecule has 6 heavy (non-hydrogen) atoms. The molecule has 0 saturated heterocycles. The summed E-state index contributed by atoms with van der Waals surface area (Å²) in [6.07, 6.45) is 4.41. The zero-order valence-corrected chi connectivity index (χ0v) is 3.32. The quantitative estimate of drug-likeness (QED) is 0.389. The van der Waals surface area contributed by atoms with Gasteiger partial charge in [0.15, 0.2) is 6.29 Å². The third-order valence-electron chi connectivity index (χ3n) is 0.352. The summed E-state index contributed by atoms with van der Waals surface area (Å²) in [5.74, 6) is 0. The Kier molecular flexibility index (Phi) is 3.86. The minimum absolute atomic E-state index is 0.309. The van der Waals surface area contributed by atoms with Crippen molar-refractivity contribution in [3.05, 3.63) is 0 Å². The average molecular weight is 83.1 g/mol. The van der Waals surface area contributed by atoms with Crippen molar-refractivity contribution in [3.8, 4) is 0 Å². The summed E-state index contributed by atoms with van der Waals surface area (Å²) in [5.41, 5.74) is 0. The molecule has 0 aromatic heterocycles. The van der Waals surface area contributed by atoms with E-state index in [1.807, 2.05) is 0 Å². The molecule has 0 aliphatic heterocycles. The highest BCUT2D eigenvalue weighted by Crippen LogP contribution is 1.73. The highest BCUT2D eigenvalue weighted by atomic mass is 16.1. The average Bonchev–Trinajstić information content (AvgIpc) is 1.61. The Bertz CT molecular complexity index is 43.5. The van der Waals surface area contributed by atoms with E-state index in [2.05, 4.69) is 6.21 Å². The van der Waals surface area contributed by atoms with E-state index < -0.39 is 0 Å². The maximum Gasteiger partial charge on any atom is 0.198 e. The van der Waals surface area contributed by atoms with Crippen LogP contribution < -0.4 is 0 Å². The van der Waals surface area contributed by atoms with E-state index in [1.54, 1.807) is 6.29 Å². The van der Waals surface area contributed by atoms with Crippen molar-refractivity contribution in [2.24, 2.45) is 0 Å². The predicted molar refractivity (Wildman–Crippen MR) is 22.7 cm³/mol. The lowest BCUT2D eigenvalue weighted by Gasteiger charge is -1.68. The summed E-state index contributed by atoms with van der Waals surface area (Å²) in [5, 5.41) is 6.28. The van der Waals surface area contributed by atoms with Crippen molar-refractivity contribution in [3.63, 3.8) is 0 Å². The van der Waals surface area contributed by atoms with Gasteiger partial charge >= 0.3 is 0 Å². The zero-order chi connectivity index (χ0) is 4.83. The van der Waals surface area contributed by atoms with Crippen LogP contribution in [0.15, 0.2) is 0 Å². The Balaban J connectivity index is 2.66. The number of rotatable bonds is 3. The molecule has 0 heterocycles. The molecule has 32 valence electrons. The van der Waals surface area contributed by atoms with E-state index in [-0.39, 0.29) is 0 Å². The van der Waals surface area contributed by atoms with Crippen LogP contribution in [0.3, 0.4) is 0 Å². The minimum atomic E-state index is 0.309. The number of nitrogens with one attached hydrogen (secondary N) is 1. The molecule has 0 bridgehead atoms. The normalized spacial score (nSPS) is 7.33. The Morgan fingerprint density at radius 2 is 2.17 bits per heavy atom. The van der Waals surface area contributed by atoms with Crippen molar-refractivity contribution >= 4 is 12.5 Å². The summed E-state index contributed by atoms with van der Waals surface area (Å²) < 4.78 is 0. The molecule has 0 atom stereocenters. The summed E-state index contributed by atoms with van der Waals surface area (Å²) >= 11 is 0. The van der Waals surface area contributed by atoms with Gasteiger partial charge in [-0.2, -0.15) is 0 Å². The third-order valence-corrected chi connectivity index (χ3v) is 0.352. The van der Waals surface area contributed by atoms with Gasteiger partial charge in [0, 0.05) is 6.42 Å². The summed E-state index contributed by atoms with van der Waals surface area (Å²) in [6.45, 7) is 0. The molecular formula is C4H5NO. The van der Waals surface area contributed by atoms with Crippen LogP contribution in [0.1, 0.15) is 12.8 Å².